The molecule has 3 fully saturated rings. The number of likely N-dealkylation sites (tertiary alicyclic amines) is 1. The molecule has 238 valence electrons. The molecule has 10 nitrogen and oxygen atoms in total. The predicted octanol–water partition coefficient (Wildman–Crippen LogP) is 5.19. The van der Waals surface area contributed by atoms with Crippen LogP contribution in [0.3, 0.4) is 0 Å². The number of pyridine rings is 1. The minimum absolute atomic E-state index is 0.0189. The Bertz CT molecular complexity index is 1760. The number of halogens is 2. The summed E-state index contributed by atoms with van der Waals surface area (Å²) in [6.07, 6.45) is 4.68. The molecule has 45 heavy (non-hydrogen) atoms. The van der Waals surface area contributed by atoms with Crippen LogP contribution in [0.4, 0.5) is 10.2 Å². The molecule has 0 radical (unpaired) electrons. The average molecular weight is 638 g/mol. The highest BCUT2D eigenvalue weighted by molar-refractivity contribution is 6.36. The first-order chi connectivity index (χ1) is 21.8. The highest BCUT2D eigenvalue weighted by Crippen LogP contribution is 2.48. The number of phenols is 1. The van der Waals surface area contributed by atoms with Crippen molar-refractivity contribution >= 4 is 39.1 Å². The van der Waals surface area contributed by atoms with Gasteiger partial charge in [0.05, 0.1) is 33.0 Å². The van der Waals surface area contributed by atoms with Gasteiger partial charge in [0.1, 0.15) is 28.2 Å². The van der Waals surface area contributed by atoms with Crippen LogP contribution in [0.25, 0.3) is 32.9 Å². The zero-order valence-electron chi connectivity index (χ0n) is 25.4. The van der Waals surface area contributed by atoms with E-state index in [1.54, 1.807) is 24.3 Å². The number of aromatic nitrogens is 3. The van der Waals surface area contributed by atoms with E-state index >= 15 is 4.39 Å². The molecular weight excluding hydrogens is 601 g/mol. The number of aliphatic hydroxyl groups is 1. The van der Waals surface area contributed by atoms with Gasteiger partial charge in [-0.1, -0.05) is 30.2 Å². The Kier molecular flexibility index (Phi) is 8.05. The molecule has 2 aromatic heterocycles. The summed E-state index contributed by atoms with van der Waals surface area (Å²) in [4.78, 5) is 18.3. The fourth-order valence-corrected chi connectivity index (χ4v) is 7.93. The number of anilines is 1. The number of phenolic OH excluding ortho intramolecular Hbond substituents is 1. The lowest BCUT2D eigenvalue weighted by Crippen LogP contribution is -2.50. The lowest BCUT2D eigenvalue weighted by molar-refractivity contribution is 0.0133. The summed E-state index contributed by atoms with van der Waals surface area (Å²) in [5.41, 5.74) is 0.162. The van der Waals surface area contributed by atoms with Crippen molar-refractivity contribution in [1.82, 2.24) is 19.9 Å². The van der Waals surface area contributed by atoms with E-state index in [0.29, 0.717) is 53.0 Å². The minimum Gasteiger partial charge on any atom is -0.508 e. The second-order valence-electron chi connectivity index (χ2n) is 12.5. The van der Waals surface area contributed by atoms with Gasteiger partial charge in [-0.15, -0.1) is 0 Å². The van der Waals surface area contributed by atoms with Crippen LogP contribution in [-0.2, 0) is 4.74 Å². The monoisotopic (exact) mass is 637 g/mol. The number of aromatic hydroxyl groups is 1. The van der Waals surface area contributed by atoms with Crippen molar-refractivity contribution < 1.29 is 28.8 Å². The summed E-state index contributed by atoms with van der Waals surface area (Å²) in [6.45, 7) is 2.62. The first kappa shape index (κ1) is 30.2. The number of rotatable bonds is 6. The standard InChI is InChI=1S/C33H37ClFN5O5/c1-39-11-5-10-33(9-4-8-24(33)39)18-45-32-37-29-26(30(38-32)40-12-13-44-17-21(42)16-40)31(43-2)36-28(27(29)35)22-15-20(41)14-19-6-3-7-23(34)25(19)22/h3,6-7,14-15,21,24,41-42H,4-5,8-13,16-18H2,1-2H3. The van der Waals surface area contributed by atoms with E-state index in [4.69, 9.17) is 30.8 Å². The molecule has 0 bridgehead atoms. The van der Waals surface area contributed by atoms with E-state index in [1.165, 1.54) is 13.2 Å². The normalized spacial score (nSPS) is 24.2. The van der Waals surface area contributed by atoms with Crippen LogP contribution < -0.4 is 14.4 Å². The van der Waals surface area contributed by atoms with Gasteiger partial charge in [-0.2, -0.15) is 9.97 Å². The molecule has 3 atom stereocenters. The van der Waals surface area contributed by atoms with Crippen LogP contribution in [0.15, 0.2) is 30.3 Å². The SMILES string of the molecule is COc1nc(-c2cc(O)cc3cccc(Cl)c23)c(F)c2nc(OCC34CCCC3N(C)CCC4)nc(N3CCOCC(O)C3)c12. The molecule has 3 aliphatic rings. The van der Waals surface area contributed by atoms with Crippen molar-refractivity contribution in [1.29, 1.82) is 0 Å². The summed E-state index contributed by atoms with van der Waals surface area (Å²) in [6, 6.07) is 8.72. The Morgan fingerprint density at radius 3 is 2.82 bits per heavy atom. The van der Waals surface area contributed by atoms with Gasteiger partial charge in [0.15, 0.2) is 5.82 Å². The third-order valence-electron chi connectivity index (χ3n) is 9.68. The molecule has 1 aliphatic carbocycles. The van der Waals surface area contributed by atoms with E-state index in [9.17, 15) is 10.2 Å². The van der Waals surface area contributed by atoms with E-state index in [-0.39, 0.29) is 52.8 Å². The first-order valence-electron chi connectivity index (χ1n) is 15.5. The molecule has 3 unspecified atom stereocenters. The van der Waals surface area contributed by atoms with Crippen LogP contribution in [0.2, 0.25) is 5.02 Å². The van der Waals surface area contributed by atoms with Gasteiger partial charge in [-0.05, 0) is 62.9 Å². The molecule has 1 saturated carbocycles. The van der Waals surface area contributed by atoms with E-state index in [1.807, 2.05) is 4.90 Å². The number of hydrogen-bond acceptors (Lipinski definition) is 10. The van der Waals surface area contributed by atoms with Crippen molar-refractivity contribution in [2.75, 3.05) is 58.5 Å². The highest BCUT2D eigenvalue weighted by Gasteiger charge is 2.47. The molecular formula is C33H37ClFN5O5. The van der Waals surface area contributed by atoms with Crippen LogP contribution in [0.1, 0.15) is 32.1 Å². The third kappa shape index (κ3) is 5.39. The van der Waals surface area contributed by atoms with Gasteiger partial charge in [0, 0.05) is 40.5 Å². The van der Waals surface area contributed by atoms with Crippen LogP contribution in [-0.4, -0.2) is 95.8 Å². The molecule has 4 aromatic rings. The number of nitrogens with zero attached hydrogens (tertiary/aromatic N) is 5. The van der Waals surface area contributed by atoms with Crippen LogP contribution in [0, 0.1) is 11.2 Å². The fraction of sp³-hybridized carbons (Fsp3) is 0.485. The van der Waals surface area contributed by atoms with Gasteiger partial charge >= 0.3 is 6.01 Å². The van der Waals surface area contributed by atoms with Crippen molar-refractivity contribution in [3.63, 3.8) is 0 Å². The number of benzene rings is 2. The van der Waals surface area contributed by atoms with Gasteiger partial charge < -0.3 is 34.2 Å². The molecule has 2 aromatic carbocycles. The van der Waals surface area contributed by atoms with Crippen LogP contribution >= 0.6 is 11.6 Å². The minimum atomic E-state index is -0.776. The molecule has 0 amide bonds. The topological polar surface area (TPSA) is 113 Å². The van der Waals surface area contributed by atoms with Gasteiger partial charge in [0.25, 0.3) is 0 Å². The number of hydrogen-bond donors (Lipinski definition) is 2. The van der Waals surface area contributed by atoms with Gasteiger partial charge in [-0.3, -0.25) is 0 Å². The fourth-order valence-electron chi connectivity index (χ4n) is 7.65. The Morgan fingerprint density at radius 2 is 1.98 bits per heavy atom. The second-order valence-corrected chi connectivity index (χ2v) is 12.9. The Labute approximate surface area is 265 Å². The van der Waals surface area contributed by atoms with Crippen molar-refractivity contribution in [3.05, 3.63) is 41.2 Å². The van der Waals surface area contributed by atoms with Gasteiger partial charge in [0.2, 0.25) is 5.88 Å². The quantitative estimate of drug-likeness (QED) is 0.293. The highest BCUT2D eigenvalue weighted by atomic mass is 35.5. The largest absolute Gasteiger partial charge is 0.508 e. The maximum atomic E-state index is 16.9. The lowest BCUT2D eigenvalue weighted by atomic mass is 9.76. The number of ether oxygens (including phenoxy) is 3. The second kappa shape index (κ2) is 12.0. The smallest absolute Gasteiger partial charge is 0.319 e. The van der Waals surface area contributed by atoms with Gasteiger partial charge in [-0.25, -0.2) is 9.37 Å². The van der Waals surface area contributed by atoms with E-state index in [2.05, 4.69) is 21.9 Å². The van der Waals surface area contributed by atoms with Crippen LogP contribution in [0.5, 0.6) is 17.6 Å². The summed E-state index contributed by atoms with van der Waals surface area (Å²) in [7, 11) is 3.62. The first-order valence-corrected chi connectivity index (χ1v) is 15.9. The summed E-state index contributed by atoms with van der Waals surface area (Å²) >= 11 is 6.60. The molecule has 12 heteroatoms. The molecule has 2 N–H and O–H groups in total. The number of fused-ring (bicyclic) bond motifs is 3. The Hall–Kier alpha value is -3.51. The molecule has 2 aliphatic heterocycles. The van der Waals surface area contributed by atoms with E-state index < -0.39 is 11.9 Å². The van der Waals surface area contributed by atoms with Crippen molar-refractivity contribution in [3.8, 4) is 28.9 Å². The number of aliphatic hydroxyl groups excluding tert-OH is 1. The zero-order chi connectivity index (χ0) is 31.3. The zero-order valence-corrected chi connectivity index (χ0v) is 26.2. The maximum absolute atomic E-state index is 16.9. The Morgan fingerprint density at radius 1 is 1.13 bits per heavy atom. The molecule has 7 rings (SSSR count). The molecule has 4 heterocycles. The predicted molar refractivity (Wildman–Crippen MR) is 170 cm³/mol. The van der Waals surface area contributed by atoms with E-state index in [0.717, 1.165) is 38.6 Å². The maximum Gasteiger partial charge on any atom is 0.319 e. The number of piperidine rings is 1. The Balaban J connectivity index is 1.41. The number of β-amino-alcohol motifs (C(OH)–C–C–N with tert-alkyl or cyclic N) is 1. The average Bonchev–Trinajstić information content (AvgIpc) is 3.35. The lowest BCUT2D eigenvalue weighted by Gasteiger charge is -2.44. The molecule has 0 spiro atoms. The van der Waals surface area contributed by atoms with Crippen molar-refractivity contribution in [2.24, 2.45) is 5.41 Å². The summed E-state index contributed by atoms with van der Waals surface area (Å²) in [5.74, 6) is -0.357. The molecule has 2 saturated heterocycles. The number of methoxy groups -OCH3 is 1. The summed E-state index contributed by atoms with van der Waals surface area (Å²) in [5, 5.41) is 23.0. The third-order valence-corrected chi connectivity index (χ3v) is 10.00. The van der Waals surface area contributed by atoms with Crippen molar-refractivity contribution in [2.45, 2.75) is 44.2 Å². The summed E-state index contributed by atoms with van der Waals surface area (Å²) < 4.78 is 34.7.